The number of hydrogen-bond acceptors (Lipinski definition) is 5. The van der Waals surface area contributed by atoms with Crippen LogP contribution in [0.2, 0.25) is 0 Å². The van der Waals surface area contributed by atoms with Crippen molar-refractivity contribution in [2.24, 2.45) is 5.73 Å². The molecule has 172 valence electrons. The third kappa shape index (κ3) is 4.69. The summed E-state index contributed by atoms with van der Waals surface area (Å²) < 4.78 is 38.7. The monoisotopic (exact) mass is 457 g/mol. The number of carbonyl (C=O) groups is 1. The zero-order valence-electron chi connectivity index (χ0n) is 17.5. The molecule has 4 rings (SSSR count). The number of pyridine rings is 1. The normalized spacial score (nSPS) is 14.6. The molecule has 0 saturated heterocycles. The van der Waals surface area contributed by atoms with Gasteiger partial charge in [0.1, 0.15) is 11.8 Å². The van der Waals surface area contributed by atoms with E-state index in [1.807, 2.05) is 23.1 Å². The van der Waals surface area contributed by atoms with Gasteiger partial charge in [0, 0.05) is 18.8 Å². The molecule has 1 atom stereocenters. The standard InChI is InChI=1S/C24H22F3N3O3/c25-24(26,27)16-6-4-14(5-7-16)18-3-1-2-15-12-30(9-8-19(15)18)17-10-20(22(32)13-31)29-21(11-17)23(28)33/h1-7,10-11,22,31-32H,8-9,12-13H2,(H2,28,33). The summed E-state index contributed by atoms with van der Waals surface area (Å²) in [5, 5.41) is 19.3. The second-order valence-electron chi connectivity index (χ2n) is 7.89. The number of halogens is 3. The number of nitrogens with zero attached hydrogens (tertiary/aromatic N) is 2. The number of amides is 1. The Balaban J connectivity index is 1.66. The molecule has 1 unspecified atom stereocenters. The predicted molar refractivity (Wildman–Crippen MR) is 116 cm³/mol. The van der Waals surface area contributed by atoms with Crippen molar-refractivity contribution in [3.05, 3.63) is 82.7 Å². The van der Waals surface area contributed by atoms with Crippen molar-refractivity contribution in [3.8, 4) is 11.1 Å². The Morgan fingerprint density at radius 3 is 2.52 bits per heavy atom. The van der Waals surface area contributed by atoms with Crippen LogP contribution >= 0.6 is 0 Å². The Labute approximate surface area is 188 Å². The number of aliphatic hydroxyl groups excluding tert-OH is 2. The van der Waals surface area contributed by atoms with E-state index in [0.29, 0.717) is 30.8 Å². The van der Waals surface area contributed by atoms with Crippen molar-refractivity contribution in [1.29, 1.82) is 0 Å². The molecule has 1 aliphatic heterocycles. The van der Waals surface area contributed by atoms with Crippen LogP contribution in [0.5, 0.6) is 0 Å². The number of anilines is 1. The Morgan fingerprint density at radius 2 is 1.88 bits per heavy atom. The highest BCUT2D eigenvalue weighted by atomic mass is 19.4. The molecule has 0 spiro atoms. The number of aliphatic hydroxyl groups is 2. The molecule has 0 saturated carbocycles. The first-order valence-corrected chi connectivity index (χ1v) is 10.3. The van der Waals surface area contributed by atoms with Gasteiger partial charge in [-0.1, -0.05) is 30.3 Å². The minimum absolute atomic E-state index is 0.0145. The van der Waals surface area contributed by atoms with Gasteiger partial charge in [0.05, 0.1) is 17.9 Å². The van der Waals surface area contributed by atoms with Gasteiger partial charge in [-0.3, -0.25) is 4.79 Å². The Bertz CT molecular complexity index is 1180. The molecule has 1 amide bonds. The van der Waals surface area contributed by atoms with Crippen molar-refractivity contribution in [3.63, 3.8) is 0 Å². The van der Waals surface area contributed by atoms with E-state index in [-0.39, 0.29) is 11.4 Å². The molecule has 6 nitrogen and oxygen atoms in total. The van der Waals surface area contributed by atoms with Gasteiger partial charge in [-0.25, -0.2) is 4.98 Å². The molecule has 0 radical (unpaired) electrons. The number of rotatable bonds is 5. The van der Waals surface area contributed by atoms with Gasteiger partial charge in [-0.15, -0.1) is 0 Å². The quantitative estimate of drug-likeness (QED) is 0.545. The first kappa shape index (κ1) is 22.8. The maximum atomic E-state index is 12.9. The van der Waals surface area contributed by atoms with E-state index in [2.05, 4.69) is 4.98 Å². The van der Waals surface area contributed by atoms with E-state index in [0.717, 1.165) is 28.8 Å². The minimum atomic E-state index is -4.38. The van der Waals surface area contributed by atoms with E-state index < -0.39 is 30.4 Å². The van der Waals surface area contributed by atoms with Gasteiger partial charge < -0.3 is 20.8 Å². The summed E-state index contributed by atoms with van der Waals surface area (Å²) in [4.78, 5) is 17.7. The fourth-order valence-electron chi connectivity index (χ4n) is 4.05. The summed E-state index contributed by atoms with van der Waals surface area (Å²) in [7, 11) is 0. The first-order chi connectivity index (χ1) is 15.7. The molecule has 2 aromatic carbocycles. The largest absolute Gasteiger partial charge is 0.416 e. The average molecular weight is 457 g/mol. The lowest BCUT2D eigenvalue weighted by molar-refractivity contribution is -0.137. The molecule has 4 N–H and O–H groups in total. The molecular formula is C24H22F3N3O3. The summed E-state index contributed by atoms with van der Waals surface area (Å²) in [5.74, 6) is -0.745. The van der Waals surface area contributed by atoms with Gasteiger partial charge in [0.15, 0.2) is 0 Å². The van der Waals surface area contributed by atoms with Gasteiger partial charge in [-0.2, -0.15) is 13.2 Å². The summed E-state index contributed by atoms with van der Waals surface area (Å²) in [6.45, 7) is 0.510. The highest BCUT2D eigenvalue weighted by molar-refractivity contribution is 5.91. The molecule has 9 heteroatoms. The van der Waals surface area contributed by atoms with Gasteiger partial charge in [0.25, 0.3) is 5.91 Å². The predicted octanol–water partition coefficient (Wildman–Crippen LogP) is 3.45. The molecule has 1 aliphatic rings. The second kappa shape index (κ2) is 8.84. The van der Waals surface area contributed by atoms with Crippen LogP contribution in [-0.4, -0.2) is 34.3 Å². The topological polar surface area (TPSA) is 99.7 Å². The molecule has 2 heterocycles. The van der Waals surface area contributed by atoms with Crippen LogP contribution in [0.25, 0.3) is 11.1 Å². The maximum absolute atomic E-state index is 12.9. The first-order valence-electron chi connectivity index (χ1n) is 10.3. The molecule has 33 heavy (non-hydrogen) atoms. The number of primary amides is 1. The summed E-state index contributed by atoms with van der Waals surface area (Å²) in [6, 6.07) is 14.0. The van der Waals surface area contributed by atoms with Crippen LogP contribution in [0, 0.1) is 0 Å². The van der Waals surface area contributed by atoms with Crippen molar-refractivity contribution in [1.82, 2.24) is 4.98 Å². The van der Waals surface area contributed by atoms with Gasteiger partial charge >= 0.3 is 6.18 Å². The van der Waals surface area contributed by atoms with E-state index in [4.69, 9.17) is 5.73 Å². The smallest absolute Gasteiger partial charge is 0.393 e. The van der Waals surface area contributed by atoms with Crippen LogP contribution in [0.1, 0.15) is 39.0 Å². The molecule has 0 aliphatic carbocycles. The number of aromatic nitrogens is 1. The SMILES string of the molecule is NC(=O)c1cc(N2CCc3c(cccc3-c3ccc(C(F)(F)F)cc3)C2)cc(C(O)CO)n1. The highest BCUT2D eigenvalue weighted by Gasteiger charge is 2.30. The third-order valence-corrected chi connectivity index (χ3v) is 5.75. The van der Waals surface area contributed by atoms with Gasteiger partial charge in [0.2, 0.25) is 0 Å². The third-order valence-electron chi connectivity index (χ3n) is 5.75. The van der Waals surface area contributed by atoms with Crippen molar-refractivity contribution in [2.45, 2.75) is 25.2 Å². The Kier molecular flexibility index (Phi) is 6.09. The van der Waals surface area contributed by atoms with E-state index in [9.17, 15) is 28.2 Å². The molecule has 0 bridgehead atoms. The summed E-state index contributed by atoms with van der Waals surface area (Å²) >= 11 is 0. The number of fused-ring (bicyclic) bond motifs is 1. The van der Waals surface area contributed by atoms with Gasteiger partial charge in [-0.05, 0) is 52.9 Å². The fraction of sp³-hybridized carbons (Fsp3) is 0.250. The molecule has 1 aromatic heterocycles. The van der Waals surface area contributed by atoms with Crippen LogP contribution in [0.15, 0.2) is 54.6 Å². The van der Waals surface area contributed by atoms with Crippen molar-refractivity contribution in [2.75, 3.05) is 18.1 Å². The summed E-state index contributed by atoms with van der Waals surface area (Å²) in [6.07, 6.45) is -5.00. The number of benzene rings is 2. The van der Waals surface area contributed by atoms with E-state index >= 15 is 0 Å². The van der Waals surface area contributed by atoms with E-state index in [1.54, 1.807) is 12.1 Å². The van der Waals surface area contributed by atoms with Crippen LogP contribution in [0.3, 0.4) is 0 Å². The molecular weight excluding hydrogens is 435 g/mol. The number of alkyl halides is 3. The van der Waals surface area contributed by atoms with E-state index in [1.165, 1.54) is 12.1 Å². The van der Waals surface area contributed by atoms with Crippen molar-refractivity contribution >= 4 is 11.6 Å². The minimum Gasteiger partial charge on any atom is -0.393 e. The second-order valence-corrected chi connectivity index (χ2v) is 7.89. The van der Waals surface area contributed by atoms with Crippen LogP contribution in [0.4, 0.5) is 18.9 Å². The lowest BCUT2D eigenvalue weighted by Gasteiger charge is -2.32. The Morgan fingerprint density at radius 1 is 1.15 bits per heavy atom. The van der Waals surface area contributed by atoms with Crippen LogP contribution < -0.4 is 10.6 Å². The van der Waals surface area contributed by atoms with Crippen LogP contribution in [-0.2, 0) is 19.1 Å². The maximum Gasteiger partial charge on any atom is 0.416 e. The number of nitrogens with two attached hydrogens (primary N) is 1. The fourth-order valence-corrected chi connectivity index (χ4v) is 4.05. The Hall–Kier alpha value is -3.43. The highest BCUT2D eigenvalue weighted by Crippen LogP contribution is 2.35. The van der Waals surface area contributed by atoms with Crippen molar-refractivity contribution < 1.29 is 28.2 Å². The number of hydrogen-bond donors (Lipinski definition) is 3. The average Bonchev–Trinajstić information content (AvgIpc) is 2.82. The number of carbonyl (C=O) groups excluding carboxylic acids is 1. The summed E-state index contributed by atoms with van der Waals surface area (Å²) in [5.41, 5.74) is 9.10. The molecule has 3 aromatic rings. The zero-order valence-corrected chi connectivity index (χ0v) is 17.5. The molecule has 0 fully saturated rings. The lowest BCUT2D eigenvalue weighted by Crippen LogP contribution is -2.31. The zero-order chi connectivity index (χ0) is 23.8. The lowest BCUT2D eigenvalue weighted by atomic mass is 9.90.